The summed E-state index contributed by atoms with van der Waals surface area (Å²) in [4.78, 5) is 30.4. The van der Waals surface area contributed by atoms with Crippen LogP contribution in [0.15, 0.2) is 18.2 Å². The summed E-state index contributed by atoms with van der Waals surface area (Å²) in [5.74, 6) is 0.944. The second kappa shape index (κ2) is 8.39. The van der Waals surface area contributed by atoms with Gasteiger partial charge in [0.1, 0.15) is 5.75 Å². The second-order valence-corrected chi connectivity index (χ2v) is 11.2. The molecule has 2 amide bonds. The standard InChI is InChI=1S/C27H40N2O3/c1-6-15-28(5)24(31)18-10-12-19(13-11-18)25(32)29-16-14-27(4)21-8-7-9-22(30)20(21)17-23(29)26(27,2)3/h7-9,18-19,23,30H,6,10-17H2,1-5H3/t18?,19?,23-,27+/m1/s1. The van der Waals surface area contributed by atoms with E-state index in [4.69, 9.17) is 0 Å². The van der Waals surface area contributed by atoms with Crippen LogP contribution in [0.25, 0.3) is 0 Å². The molecule has 1 saturated carbocycles. The molecule has 0 unspecified atom stereocenters. The lowest BCUT2D eigenvalue weighted by atomic mass is 9.51. The Morgan fingerprint density at radius 3 is 2.44 bits per heavy atom. The van der Waals surface area contributed by atoms with Gasteiger partial charge in [0.15, 0.2) is 0 Å². The van der Waals surface area contributed by atoms with E-state index in [1.807, 2.05) is 18.0 Å². The summed E-state index contributed by atoms with van der Waals surface area (Å²) in [6.45, 7) is 10.6. The fourth-order valence-corrected chi connectivity index (χ4v) is 6.77. The largest absolute Gasteiger partial charge is 0.508 e. The number of aromatic hydroxyl groups is 1. The third-order valence-electron chi connectivity index (χ3n) is 9.27. The smallest absolute Gasteiger partial charge is 0.225 e. The van der Waals surface area contributed by atoms with Crippen molar-refractivity contribution in [2.24, 2.45) is 17.3 Å². The second-order valence-electron chi connectivity index (χ2n) is 11.2. The van der Waals surface area contributed by atoms with Crippen LogP contribution in [0.5, 0.6) is 5.75 Å². The fourth-order valence-electron chi connectivity index (χ4n) is 6.77. The molecule has 2 atom stereocenters. The van der Waals surface area contributed by atoms with E-state index in [2.05, 4.69) is 38.7 Å². The van der Waals surface area contributed by atoms with Crippen LogP contribution in [-0.4, -0.2) is 52.9 Å². The number of likely N-dealkylation sites (tertiary alicyclic amines) is 1. The molecule has 5 nitrogen and oxygen atoms in total. The summed E-state index contributed by atoms with van der Waals surface area (Å²) in [7, 11) is 1.90. The van der Waals surface area contributed by atoms with Gasteiger partial charge in [-0.2, -0.15) is 0 Å². The Bertz CT molecular complexity index is 887. The first-order chi connectivity index (χ1) is 15.1. The van der Waals surface area contributed by atoms with Crippen molar-refractivity contribution in [3.05, 3.63) is 29.3 Å². The van der Waals surface area contributed by atoms with Gasteiger partial charge in [0, 0.05) is 43.4 Å². The van der Waals surface area contributed by atoms with Gasteiger partial charge in [-0.25, -0.2) is 0 Å². The van der Waals surface area contributed by atoms with E-state index in [-0.39, 0.29) is 40.5 Å². The summed E-state index contributed by atoms with van der Waals surface area (Å²) in [5.41, 5.74) is 2.14. The number of fused-ring (bicyclic) bond motifs is 4. The Morgan fingerprint density at radius 1 is 1.12 bits per heavy atom. The molecule has 0 spiro atoms. The topological polar surface area (TPSA) is 60.9 Å². The van der Waals surface area contributed by atoms with Gasteiger partial charge in [0.25, 0.3) is 0 Å². The Morgan fingerprint density at radius 2 is 1.78 bits per heavy atom. The molecule has 0 aromatic heterocycles. The Kier molecular flexibility index (Phi) is 6.06. The molecule has 2 fully saturated rings. The number of carbonyl (C=O) groups is 2. The van der Waals surface area contributed by atoms with Crippen LogP contribution in [0.1, 0.15) is 77.3 Å². The lowest BCUT2D eigenvalue weighted by molar-refractivity contribution is -0.150. The molecular formula is C27H40N2O3. The molecule has 1 N–H and O–H groups in total. The molecule has 2 bridgehead atoms. The van der Waals surface area contributed by atoms with Gasteiger partial charge in [0.2, 0.25) is 11.8 Å². The number of carbonyl (C=O) groups excluding carboxylic acids is 2. The molecule has 4 rings (SSSR count). The van der Waals surface area contributed by atoms with Crippen molar-refractivity contribution in [1.82, 2.24) is 9.80 Å². The van der Waals surface area contributed by atoms with E-state index in [9.17, 15) is 14.7 Å². The number of piperidine rings is 1. The van der Waals surface area contributed by atoms with Crippen molar-refractivity contribution in [1.29, 1.82) is 0 Å². The number of phenols is 1. The number of nitrogens with zero attached hydrogens (tertiary/aromatic N) is 2. The molecule has 0 radical (unpaired) electrons. The fraction of sp³-hybridized carbons (Fsp3) is 0.704. The van der Waals surface area contributed by atoms with Gasteiger partial charge in [0.05, 0.1) is 0 Å². The molecule has 1 aromatic carbocycles. The first-order valence-corrected chi connectivity index (χ1v) is 12.5. The monoisotopic (exact) mass is 440 g/mol. The number of phenolic OH excluding ortho intramolecular Hbond substituents is 1. The molecule has 5 heteroatoms. The van der Waals surface area contributed by atoms with E-state index >= 15 is 0 Å². The predicted octanol–water partition coefficient (Wildman–Crippen LogP) is 4.51. The van der Waals surface area contributed by atoms with Crippen LogP contribution >= 0.6 is 0 Å². The summed E-state index contributed by atoms with van der Waals surface area (Å²) in [5, 5.41) is 10.6. The van der Waals surface area contributed by atoms with Crippen LogP contribution in [0, 0.1) is 17.3 Å². The number of amides is 2. The van der Waals surface area contributed by atoms with Crippen molar-refractivity contribution in [2.75, 3.05) is 20.1 Å². The van der Waals surface area contributed by atoms with Gasteiger partial charge >= 0.3 is 0 Å². The third kappa shape index (κ3) is 3.52. The van der Waals surface area contributed by atoms with Crippen molar-refractivity contribution in [3.8, 4) is 5.75 Å². The first-order valence-electron chi connectivity index (χ1n) is 12.5. The zero-order valence-corrected chi connectivity index (χ0v) is 20.5. The maximum atomic E-state index is 13.7. The molecule has 1 aromatic rings. The summed E-state index contributed by atoms with van der Waals surface area (Å²) in [6.07, 6.45) is 5.83. The van der Waals surface area contributed by atoms with E-state index in [0.717, 1.165) is 57.2 Å². The van der Waals surface area contributed by atoms with Gasteiger partial charge in [-0.15, -0.1) is 0 Å². The predicted molar refractivity (Wildman–Crippen MR) is 126 cm³/mol. The molecule has 3 aliphatic rings. The Balaban J connectivity index is 1.50. The average molecular weight is 441 g/mol. The van der Waals surface area contributed by atoms with Gasteiger partial charge in [-0.3, -0.25) is 9.59 Å². The number of rotatable bonds is 4. The summed E-state index contributed by atoms with van der Waals surface area (Å²) >= 11 is 0. The van der Waals surface area contributed by atoms with Crippen LogP contribution in [0.4, 0.5) is 0 Å². The van der Waals surface area contributed by atoms with E-state index < -0.39 is 0 Å². The lowest BCUT2D eigenvalue weighted by Crippen LogP contribution is -2.65. The molecule has 176 valence electrons. The van der Waals surface area contributed by atoms with Crippen LogP contribution < -0.4 is 0 Å². The summed E-state index contributed by atoms with van der Waals surface area (Å²) < 4.78 is 0. The number of hydrogen-bond donors (Lipinski definition) is 1. The van der Waals surface area contributed by atoms with E-state index in [1.165, 1.54) is 5.56 Å². The SMILES string of the molecule is CCCN(C)C(=O)C1CCC(C(=O)N2CC[C@@]3(C)c4cccc(O)c4C[C@@H]2C3(C)C)CC1. The van der Waals surface area contributed by atoms with E-state index in [1.54, 1.807) is 6.07 Å². The zero-order chi connectivity index (χ0) is 23.3. The number of hydrogen-bond acceptors (Lipinski definition) is 3. The molecule has 1 heterocycles. The van der Waals surface area contributed by atoms with Crippen LogP contribution in [0.2, 0.25) is 0 Å². The van der Waals surface area contributed by atoms with Crippen LogP contribution in [-0.2, 0) is 21.4 Å². The molecule has 2 aliphatic carbocycles. The molecule has 1 aliphatic heterocycles. The highest BCUT2D eigenvalue weighted by atomic mass is 16.3. The van der Waals surface area contributed by atoms with Crippen molar-refractivity contribution in [2.45, 2.75) is 84.1 Å². The third-order valence-corrected chi connectivity index (χ3v) is 9.27. The minimum absolute atomic E-state index is 0.0152. The summed E-state index contributed by atoms with van der Waals surface area (Å²) in [6, 6.07) is 5.98. The average Bonchev–Trinajstić information content (AvgIpc) is 2.76. The maximum absolute atomic E-state index is 13.7. The van der Waals surface area contributed by atoms with Crippen molar-refractivity contribution in [3.63, 3.8) is 0 Å². The minimum Gasteiger partial charge on any atom is -0.508 e. The number of benzene rings is 1. The lowest BCUT2D eigenvalue weighted by Gasteiger charge is -2.61. The quantitative estimate of drug-likeness (QED) is 0.749. The van der Waals surface area contributed by atoms with Gasteiger partial charge in [-0.1, -0.05) is 39.8 Å². The molecular weight excluding hydrogens is 400 g/mol. The van der Waals surface area contributed by atoms with Crippen LogP contribution in [0.3, 0.4) is 0 Å². The highest BCUT2D eigenvalue weighted by Gasteiger charge is 2.57. The van der Waals surface area contributed by atoms with Crippen molar-refractivity contribution < 1.29 is 14.7 Å². The van der Waals surface area contributed by atoms with Gasteiger partial charge in [-0.05, 0) is 67.6 Å². The molecule has 1 saturated heterocycles. The molecule has 32 heavy (non-hydrogen) atoms. The Labute approximate surface area is 193 Å². The highest BCUT2D eigenvalue weighted by molar-refractivity contribution is 5.82. The zero-order valence-electron chi connectivity index (χ0n) is 20.5. The van der Waals surface area contributed by atoms with E-state index in [0.29, 0.717) is 12.2 Å². The minimum atomic E-state index is -0.0717. The van der Waals surface area contributed by atoms with Gasteiger partial charge < -0.3 is 14.9 Å². The maximum Gasteiger partial charge on any atom is 0.225 e. The normalized spacial score (nSPS) is 31.0. The first kappa shape index (κ1) is 23.1. The Hall–Kier alpha value is -2.04. The van der Waals surface area contributed by atoms with Crippen molar-refractivity contribution >= 4 is 11.8 Å². The highest BCUT2D eigenvalue weighted by Crippen LogP contribution is 2.57.